The number of rotatable bonds is 6. The molecule has 1 heterocycles. The molecule has 0 aliphatic heterocycles. The van der Waals surface area contributed by atoms with Gasteiger partial charge in [-0.05, 0) is 37.1 Å². The largest absolute Gasteiger partial charge is 0.490 e. The van der Waals surface area contributed by atoms with Crippen LogP contribution in [0, 0.1) is 5.92 Å². The van der Waals surface area contributed by atoms with E-state index in [1.54, 1.807) is 0 Å². The van der Waals surface area contributed by atoms with Gasteiger partial charge in [0.05, 0.1) is 0 Å². The third kappa shape index (κ3) is 3.58. The van der Waals surface area contributed by atoms with Crippen LogP contribution in [0.1, 0.15) is 51.1 Å². The zero-order valence-electron chi connectivity index (χ0n) is 14.3. The van der Waals surface area contributed by atoms with E-state index in [-0.39, 0.29) is 17.8 Å². The van der Waals surface area contributed by atoms with Gasteiger partial charge in [0, 0.05) is 23.4 Å². The lowest BCUT2D eigenvalue weighted by Crippen LogP contribution is -2.49. The topological polar surface area (TPSA) is 51.5 Å². The molecule has 124 valence electrons. The van der Waals surface area contributed by atoms with E-state index in [1.165, 1.54) is 0 Å². The molecule has 0 bridgehead atoms. The number of fused-ring (bicyclic) bond motifs is 1. The lowest BCUT2D eigenvalue weighted by Gasteiger charge is -2.37. The van der Waals surface area contributed by atoms with E-state index in [4.69, 9.17) is 9.15 Å². The Morgan fingerprint density at radius 1 is 1.22 bits per heavy atom. The van der Waals surface area contributed by atoms with Crippen LogP contribution in [0.3, 0.4) is 0 Å². The van der Waals surface area contributed by atoms with Crippen LogP contribution < -0.4 is 10.1 Å². The van der Waals surface area contributed by atoms with Gasteiger partial charge in [0.25, 0.3) is 0 Å². The SMILES string of the molecule is CC(C)N[C@H]1C[C@H](Oc2ccc3oc(C(=O)C(C)C)cc3c2)C1. The maximum absolute atomic E-state index is 12.0. The molecule has 0 saturated heterocycles. The zero-order valence-corrected chi connectivity index (χ0v) is 14.3. The summed E-state index contributed by atoms with van der Waals surface area (Å²) in [4.78, 5) is 12.0. The smallest absolute Gasteiger partial charge is 0.200 e. The molecular formula is C19H25NO3. The van der Waals surface area contributed by atoms with Crippen molar-refractivity contribution in [2.24, 2.45) is 5.92 Å². The van der Waals surface area contributed by atoms with E-state index in [2.05, 4.69) is 19.2 Å². The molecule has 4 heteroatoms. The number of hydrogen-bond acceptors (Lipinski definition) is 4. The first kappa shape index (κ1) is 16.1. The van der Waals surface area contributed by atoms with Gasteiger partial charge in [0.2, 0.25) is 5.78 Å². The van der Waals surface area contributed by atoms with Gasteiger partial charge in [-0.2, -0.15) is 0 Å². The molecule has 2 aromatic rings. The lowest BCUT2D eigenvalue weighted by molar-refractivity contribution is 0.0816. The minimum absolute atomic E-state index is 0.0327. The summed E-state index contributed by atoms with van der Waals surface area (Å²) in [5, 5.41) is 4.44. The highest BCUT2D eigenvalue weighted by Crippen LogP contribution is 2.30. The quantitative estimate of drug-likeness (QED) is 0.813. The maximum atomic E-state index is 12.0. The monoisotopic (exact) mass is 315 g/mol. The van der Waals surface area contributed by atoms with Crippen LogP contribution in [-0.4, -0.2) is 24.0 Å². The Hall–Kier alpha value is -1.81. The van der Waals surface area contributed by atoms with Crippen LogP contribution in [0.2, 0.25) is 0 Å². The predicted molar refractivity (Wildman–Crippen MR) is 91.1 cm³/mol. The number of benzene rings is 1. The molecule has 4 nitrogen and oxygen atoms in total. The minimum Gasteiger partial charge on any atom is -0.490 e. The van der Waals surface area contributed by atoms with E-state index < -0.39 is 0 Å². The van der Waals surface area contributed by atoms with Gasteiger partial charge in [-0.1, -0.05) is 27.7 Å². The lowest BCUT2D eigenvalue weighted by atomic mass is 9.88. The third-order valence-corrected chi connectivity index (χ3v) is 4.22. The molecule has 1 aromatic heterocycles. The summed E-state index contributed by atoms with van der Waals surface area (Å²) in [6, 6.07) is 8.64. The average molecular weight is 315 g/mol. The van der Waals surface area contributed by atoms with Crippen LogP contribution in [0.15, 0.2) is 28.7 Å². The van der Waals surface area contributed by atoms with E-state index >= 15 is 0 Å². The molecule has 1 aromatic carbocycles. The zero-order chi connectivity index (χ0) is 16.6. The Morgan fingerprint density at radius 2 is 1.96 bits per heavy atom. The van der Waals surface area contributed by atoms with Gasteiger partial charge in [-0.3, -0.25) is 4.79 Å². The van der Waals surface area contributed by atoms with Crippen molar-refractivity contribution in [3.8, 4) is 5.75 Å². The fourth-order valence-corrected chi connectivity index (χ4v) is 2.96. The summed E-state index contributed by atoms with van der Waals surface area (Å²) >= 11 is 0. The van der Waals surface area contributed by atoms with Crippen LogP contribution in [0.25, 0.3) is 11.0 Å². The number of ketones is 1. The number of carbonyl (C=O) groups is 1. The highest BCUT2D eigenvalue weighted by molar-refractivity contribution is 5.98. The van der Waals surface area contributed by atoms with Crippen LogP contribution in [0.4, 0.5) is 0 Å². The number of furan rings is 1. The van der Waals surface area contributed by atoms with Gasteiger partial charge in [0.1, 0.15) is 17.4 Å². The molecule has 1 fully saturated rings. The standard InChI is InChI=1S/C19H25NO3/c1-11(2)19(21)18-8-13-7-15(5-6-17(13)23-18)22-16-9-14(10-16)20-12(3)4/h5-8,11-12,14,16,20H,9-10H2,1-4H3/t14-,16-. The number of nitrogens with one attached hydrogen (secondary N) is 1. The van der Waals surface area contributed by atoms with Crippen LogP contribution in [-0.2, 0) is 0 Å². The second-order valence-corrected chi connectivity index (χ2v) is 7.06. The first-order chi connectivity index (χ1) is 10.9. The highest BCUT2D eigenvalue weighted by atomic mass is 16.5. The minimum atomic E-state index is -0.0633. The van der Waals surface area contributed by atoms with Crippen molar-refractivity contribution in [3.63, 3.8) is 0 Å². The Kier molecular flexibility index (Phi) is 4.44. The third-order valence-electron chi connectivity index (χ3n) is 4.22. The van der Waals surface area contributed by atoms with Crippen molar-refractivity contribution in [2.45, 2.75) is 58.7 Å². The molecular weight excluding hydrogens is 290 g/mol. The Morgan fingerprint density at radius 3 is 2.61 bits per heavy atom. The van der Waals surface area contributed by atoms with Gasteiger partial charge < -0.3 is 14.5 Å². The molecule has 0 amide bonds. The molecule has 1 aliphatic carbocycles. The first-order valence-corrected chi connectivity index (χ1v) is 8.43. The summed E-state index contributed by atoms with van der Waals surface area (Å²) in [6.07, 6.45) is 2.35. The van der Waals surface area contributed by atoms with E-state index in [9.17, 15) is 4.79 Å². The van der Waals surface area contributed by atoms with Gasteiger partial charge in [-0.25, -0.2) is 0 Å². The molecule has 0 unspecified atom stereocenters. The van der Waals surface area contributed by atoms with Crippen LogP contribution >= 0.6 is 0 Å². The fourth-order valence-electron chi connectivity index (χ4n) is 2.96. The number of hydrogen-bond donors (Lipinski definition) is 1. The van der Waals surface area contributed by atoms with E-state index in [1.807, 2.05) is 38.1 Å². The number of ether oxygens (including phenoxy) is 1. The Bertz CT molecular complexity index is 696. The summed E-state index contributed by atoms with van der Waals surface area (Å²) in [5.41, 5.74) is 0.731. The molecule has 1 aliphatic rings. The summed E-state index contributed by atoms with van der Waals surface area (Å²) in [6.45, 7) is 8.08. The Balaban J connectivity index is 1.66. The maximum Gasteiger partial charge on any atom is 0.200 e. The van der Waals surface area contributed by atoms with Crippen molar-refractivity contribution < 1.29 is 13.9 Å². The molecule has 0 radical (unpaired) electrons. The van der Waals surface area contributed by atoms with Gasteiger partial charge >= 0.3 is 0 Å². The number of carbonyl (C=O) groups excluding carboxylic acids is 1. The summed E-state index contributed by atoms with van der Waals surface area (Å²) in [7, 11) is 0. The second-order valence-electron chi connectivity index (χ2n) is 7.06. The molecule has 23 heavy (non-hydrogen) atoms. The van der Waals surface area contributed by atoms with Crippen LogP contribution in [0.5, 0.6) is 5.75 Å². The molecule has 1 N–H and O–H groups in total. The van der Waals surface area contributed by atoms with E-state index in [0.717, 1.165) is 29.6 Å². The van der Waals surface area contributed by atoms with Crippen molar-refractivity contribution in [1.29, 1.82) is 0 Å². The predicted octanol–water partition coefficient (Wildman–Crippen LogP) is 4.18. The van der Waals surface area contributed by atoms with Crippen molar-refractivity contribution in [3.05, 3.63) is 30.0 Å². The van der Waals surface area contributed by atoms with E-state index in [0.29, 0.717) is 17.8 Å². The van der Waals surface area contributed by atoms with Crippen molar-refractivity contribution in [1.82, 2.24) is 5.32 Å². The summed E-state index contributed by atoms with van der Waals surface area (Å²) in [5.74, 6) is 1.24. The molecule has 0 atom stereocenters. The molecule has 1 saturated carbocycles. The molecule has 3 rings (SSSR count). The second kappa shape index (κ2) is 6.36. The highest BCUT2D eigenvalue weighted by Gasteiger charge is 2.31. The number of Topliss-reactive ketones (excluding diaryl/α,β-unsaturated/α-hetero) is 1. The first-order valence-electron chi connectivity index (χ1n) is 8.43. The fraction of sp³-hybridized carbons (Fsp3) is 0.526. The summed E-state index contributed by atoms with van der Waals surface area (Å²) < 4.78 is 11.7. The molecule has 0 spiro atoms. The van der Waals surface area contributed by atoms with Crippen molar-refractivity contribution >= 4 is 16.8 Å². The Labute approximate surface area is 137 Å². The van der Waals surface area contributed by atoms with Gasteiger partial charge in [-0.15, -0.1) is 0 Å². The van der Waals surface area contributed by atoms with Crippen molar-refractivity contribution in [2.75, 3.05) is 0 Å². The normalized spacial score (nSPS) is 21.0. The van der Waals surface area contributed by atoms with Gasteiger partial charge in [0.15, 0.2) is 5.76 Å². The average Bonchev–Trinajstić information content (AvgIpc) is 2.86.